The molecular formula is C23H26N2. The highest BCUT2D eigenvalue weighted by Crippen LogP contribution is 2.48. The highest BCUT2D eigenvalue weighted by Gasteiger charge is 2.35. The van der Waals surface area contributed by atoms with Gasteiger partial charge in [-0.05, 0) is 47.6 Å². The molecule has 0 saturated heterocycles. The molecule has 1 aliphatic rings. The van der Waals surface area contributed by atoms with Gasteiger partial charge in [0.25, 0.3) is 0 Å². The lowest BCUT2D eigenvalue weighted by atomic mass is 9.69. The number of nitrogens with zero attached hydrogens (tertiary/aromatic N) is 2. The summed E-state index contributed by atoms with van der Waals surface area (Å²) in [6.07, 6.45) is 2.76. The van der Waals surface area contributed by atoms with E-state index in [2.05, 4.69) is 81.8 Å². The first-order chi connectivity index (χ1) is 11.7. The zero-order valence-corrected chi connectivity index (χ0v) is 16.1. The van der Waals surface area contributed by atoms with Crippen LogP contribution in [0.5, 0.6) is 0 Å². The standard InChI is InChI=1S/C23H26N2/c1-14-7-8-17-16(9-14)21-20-18(23(17,5)6)10-15(12-22(2,3)4)11-19(20)24-13-25-21/h7-11,13H,12H2,1-6H3. The van der Waals surface area contributed by atoms with Crippen LogP contribution in [0.25, 0.3) is 22.2 Å². The molecule has 2 nitrogen and oxygen atoms in total. The van der Waals surface area contributed by atoms with Crippen molar-refractivity contribution in [2.75, 3.05) is 0 Å². The molecule has 3 aromatic rings. The van der Waals surface area contributed by atoms with Gasteiger partial charge in [-0.3, -0.25) is 0 Å². The van der Waals surface area contributed by atoms with Gasteiger partial charge in [0.1, 0.15) is 6.33 Å². The molecule has 1 aromatic heterocycles. The molecule has 2 heteroatoms. The molecule has 0 atom stereocenters. The van der Waals surface area contributed by atoms with Crippen LogP contribution in [0.15, 0.2) is 36.7 Å². The van der Waals surface area contributed by atoms with Crippen molar-refractivity contribution < 1.29 is 0 Å². The van der Waals surface area contributed by atoms with Gasteiger partial charge in [0.2, 0.25) is 0 Å². The first-order valence-corrected chi connectivity index (χ1v) is 9.06. The molecule has 128 valence electrons. The third-order valence-electron chi connectivity index (χ3n) is 5.31. The van der Waals surface area contributed by atoms with Crippen LogP contribution in [-0.4, -0.2) is 9.97 Å². The van der Waals surface area contributed by atoms with Crippen molar-refractivity contribution in [3.8, 4) is 11.3 Å². The lowest BCUT2D eigenvalue weighted by Crippen LogP contribution is -2.25. The fourth-order valence-corrected chi connectivity index (χ4v) is 4.20. The van der Waals surface area contributed by atoms with E-state index < -0.39 is 0 Å². The van der Waals surface area contributed by atoms with Gasteiger partial charge < -0.3 is 0 Å². The van der Waals surface area contributed by atoms with Gasteiger partial charge >= 0.3 is 0 Å². The van der Waals surface area contributed by atoms with E-state index >= 15 is 0 Å². The Labute approximate surface area is 150 Å². The fraction of sp³-hybridized carbons (Fsp3) is 0.391. The Morgan fingerprint density at radius 1 is 0.960 bits per heavy atom. The van der Waals surface area contributed by atoms with E-state index in [1.807, 2.05) is 0 Å². The van der Waals surface area contributed by atoms with Crippen molar-refractivity contribution in [2.45, 2.75) is 53.4 Å². The van der Waals surface area contributed by atoms with Crippen molar-refractivity contribution >= 4 is 10.9 Å². The maximum atomic E-state index is 4.68. The van der Waals surface area contributed by atoms with Crippen molar-refractivity contribution in [3.05, 3.63) is 58.9 Å². The molecule has 0 unspecified atom stereocenters. The van der Waals surface area contributed by atoms with Crippen LogP contribution in [0.3, 0.4) is 0 Å². The lowest BCUT2D eigenvalue weighted by molar-refractivity contribution is 0.411. The number of fused-ring (bicyclic) bond motifs is 2. The van der Waals surface area contributed by atoms with Crippen LogP contribution >= 0.6 is 0 Å². The van der Waals surface area contributed by atoms with Gasteiger partial charge in [0.05, 0.1) is 11.2 Å². The molecule has 2 aromatic carbocycles. The molecule has 4 rings (SSSR count). The van der Waals surface area contributed by atoms with E-state index in [1.54, 1.807) is 6.33 Å². The summed E-state index contributed by atoms with van der Waals surface area (Å²) in [6, 6.07) is 11.4. The van der Waals surface area contributed by atoms with Crippen LogP contribution in [-0.2, 0) is 11.8 Å². The van der Waals surface area contributed by atoms with E-state index in [4.69, 9.17) is 0 Å². The van der Waals surface area contributed by atoms with E-state index in [9.17, 15) is 0 Å². The Kier molecular flexibility index (Phi) is 3.34. The number of aryl methyl sites for hydroxylation is 1. The van der Waals surface area contributed by atoms with E-state index in [-0.39, 0.29) is 10.8 Å². The van der Waals surface area contributed by atoms with Gasteiger partial charge in [0.15, 0.2) is 0 Å². The Morgan fingerprint density at radius 3 is 2.44 bits per heavy atom. The molecule has 0 amide bonds. The minimum Gasteiger partial charge on any atom is -0.236 e. The van der Waals surface area contributed by atoms with Crippen LogP contribution < -0.4 is 0 Å². The number of hydrogen-bond acceptors (Lipinski definition) is 2. The normalized spacial score (nSPS) is 15.3. The van der Waals surface area contributed by atoms with Gasteiger partial charge in [-0.2, -0.15) is 0 Å². The molecule has 0 radical (unpaired) electrons. The molecule has 0 spiro atoms. The number of rotatable bonds is 1. The van der Waals surface area contributed by atoms with E-state index in [0.29, 0.717) is 0 Å². The van der Waals surface area contributed by atoms with Gasteiger partial charge in [0, 0.05) is 16.4 Å². The average Bonchev–Trinajstić information content (AvgIpc) is 2.50. The molecule has 0 fully saturated rings. The predicted molar refractivity (Wildman–Crippen MR) is 105 cm³/mol. The van der Waals surface area contributed by atoms with Gasteiger partial charge in [-0.25, -0.2) is 9.97 Å². The summed E-state index contributed by atoms with van der Waals surface area (Å²) in [5.41, 5.74) is 8.97. The highest BCUT2D eigenvalue weighted by atomic mass is 14.8. The lowest BCUT2D eigenvalue weighted by Gasteiger charge is -2.35. The van der Waals surface area contributed by atoms with Crippen molar-refractivity contribution in [1.29, 1.82) is 0 Å². The monoisotopic (exact) mass is 330 g/mol. The van der Waals surface area contributed by atoms with Gasteiger partial charge in [-0.15, -0.1) is 0 Å². The summed E-state index contributed by atoms with van der Waals surface area (Å²) in [4.78, 5) is 9.30. The summed E-state index contributed by atoms with van der Waals surface area (Å²) in [6.45, 7) is 13.7. The van der Waals surface area contributed by atoms with Crippen molar-refractivity contribution in [3.63, 3.8) is 0 Å². The van der Waals surface area contributed by atoms with Crippen LogP contribution in [0.1, 0.15) is 56.9 Å². The van der Waals surface area contributed by atoms with Crippen LogP contribution in [0.4, 0.5) is 0 Å². The van der Waals surface area contributed by atoms with E-state index in [0.717, 1.165) is 17.6 Å². The zero-order valence-electron chi connectivity index (χ0n) is 16.1. The van der Waals surface area contributed by atoms with Crippen molar-refractivity contribution in [2.24, 2.45) is 5.41 Å². The zero-order chi connectivity index (χ0) is 18.0. The molecule has 0 saturated carbocycles. The molecule has 0 bridgehead atoms. The molecular weight excluding hydrogens is 304 g/mol. The SMILES string of the molecule is Cc1ccc2c(c1)-c1ncnc3cc(CC(C)(C)C)cc(c13)C2(C)C. The maximum absolute atomic E-state index is 4.68. The highest BCUT2D eigenvalue weighted by molar-refractivity contribution is 6.00. The van der Waals surface area contributed by atoms with Crippen LogP contribution in [0, 0.1) is 12.3 Å². The Bertz CT molecular complexity index is 991. The Morgan fingerprint density at radius 2 is 1.72 bits per heavy atom. The van der Waals surface area contributed by atoms with Gasteiger partial charge in [-0.1, -0.05) is 58.4 Å². The quantitative estimate of drug-likeness (QED) is 0.561. The summed E-state index contributed by atoms with van der Waals surface area (Å²) in [5.74, 6) is 0. The summed E-state index contributed by atoms with van der Waals surface area (Å²) < 4.78 is 0. The predicted octanol–water partition coefficient (Wildman–Crippen LogP) is 5.83. The molecule has 1 aliphatic carbocycles. The van der Waals surface area contributed by atoms with Crippen molar-refractivity contribution in [1.82, 2.24) is 9.97 Å². The maximum Gasteiger partial charge on any atom is 0.116 e. The second-order valence-electron chi connectivity index (χ2n) is 9.17. The molecule has 0 aliphatic heterocycles. The third-order valence-corrected chi connectivity index (χ3v) is 5.31. The van der Waals surface area contributed by atoms with E-state index in [1.165, 1.54) is 33.2 Å². The summed E-state index contributed by atoms with van der Waals surface area (Å²) in [7, 11) is 0. The number of hydrogen-bond donors (Lipinski definition) is 0. The molecule has 1 heterocycles. The minimum atomic E-state index is -0.0487. The Hall–Kier alpha value is -2.22. The minimum absolute atomic E-state index is 0.0487. The topological polar surface area (TPSA) is 25.8 Å². The average molecular weight is 330 g/mol. The third kappa shape index (κ3) is 2.55. The molecule has 0 N–H and O–H groups in total. The first kappa shape index (κ1) is 16.3. The summed E-state index contributed by atoms with van der Waals surface area (Å²) >= 11 is 0. The number of benzene rings is 2. The molecule has 25 heavy (non-hydrogen) atoms. The Balaban J connectivity index is 2.08. The second kappa shape index (κ2) is 5.14. The fourth-order valence-electron chi connectivity index (χ4n) is 4.20. The van der Waals surface area contributed by atoms with Crippen LogP contribution in [0.2, 0.25) is 0 Å². The first-order valence-electron chi connectivity index (χ1n) is 9.06. The summed E-state index contributed by atoms with van der Waals surface area (Å²) in [5, 5.41) is 1.23. The largest absolute Gasteiger partial charge is 0.236 e. The smallest absolute Gasteiger partial charge is 0.116 e. The number of aromatic nitrogens is 2. The second-order valence-corrected chi connectivity index (χ2v) is 9.17.